The van der Waals surface area contributed by atoms with E-state index in [0.717, 1.165) is 0 Å². The Morgan fingerprint density at radius 1 is 1.57 bits per heavy atom. The van der Waals surface area contributed by atoms with E-state index in [1.165, 1.54) is 6.07 Å². The normalized spacial score (nSPS) is 12.9. The van der Waals surface area contributed by atoms with Crippen LogP contribution in [0.3, 0.4) is 0 Å². The lowest BCUT2D eigenvalue weighted by molar-refractivity contribution is 0.553. The van der Waals surface area contributed by atoms with Gasteiger partial charge in [0, 0.05) is 18.1 Å². The van der Waals surface area contributed by atoms with E-state index >= 15 is 0 Å². The summed E-state index contributed by atoms with van der Waals surface area (Å²) in [6, 6.07) is 2.98. The fourth-order valence-electron chi connectivity index (χ4n) is 1.05. The summed E-state index contributed by atoms with van der Waals surface area (Å²) >= 11 is 5.75. The van der Waals surface area contributed by atoms with Crippen LogP contribution in [0.4, 0.5) is 10.2 Å². The second kappa shape index (κ2) is 5.15. The van der Waals surface area contributed by atoms with E-state index < -0.39 is 0 Å². The van der Waals surface area contributed by atoms with Crippen molar-refractivity contribution in [2.75, 3.05) is 11.2 Å². The van der Waals surface area contributed by atoms with Crippen LogP contribution >= 0.6 is 11.6 Å². The minimum atomic E-state index is -0.344. The van der Waals surface area contributed by atoms with Crippen molar-refractivity contribution in [3.8, 4) is 0 Å². The van der Waals surface area contributed by atoms with E-state index in [1.54, 1.807) is 12.3 Å². The zero-order valence-corrected chi connectivity index (χ0v) is 9.05. The van der Waals surface area contributed by atoms with Gasteiger partial charge < -0.3 is 5.32 Å². The van der Waals surface area contributed by atoms with Crippen molar-refractivity contribution in [1.29, 1.82) is 0 Å². The Morgan fingerprint density at radius 2 is 2.29 bits per heavy atom. The van der Waals surface area contributed by atoms with Gasteiger partial charge in [-0.25, -0.2) is 9.37 Å². The van der Waals surface area contributed by atoms with Crippen LogP contribution in [0.2, 0.25) is 0 Å². The third-order valence-corrected chi connectivity index (χ3v) is 2.38. The third-order valence-electron chi connectivity index (χ3n) is 2.05. The SMILES string of the molecule is CC(C)C(CCl)Nc1ncccc1F. The summed E-state index contributed by atoms with van der Waals surface area (Å²) in [7, 11) is 0. The van der Waals surface area contributed by atoms with Crippen molar-refractivity contribution >= 4 is 17.4 Å². The van der Waals surface area contributed by atoms with Crippen molar-refractivity contribution in [1.82, 2.24) is 4.98 Å². The molecule has 0 fully saturated rings. The predicted molar refractivity (Wildman–Crippen MR) is 57.2 cm³/mol. The molecule has 1 unspecified atom stereocenters. The van der Waals surface area contributed by atoms with Gasteiger partial charge in [-0.2, -0.15) is 0 Å². The highest BCUT2D eigenvalue weighted by atomic mass is 35.5. The zero-order valence-electron chi connectivity index (χ0n) is 8.30. The number of aromatic nitrogens is 1. The maximum absolute atomic E-state index is 13.2. The molecule has 1 N–H and O–H groups in total. The number of nitrogens with zero attached hydrogens (tertiary/aromatic N) is 1. The zero-order chi connectivity index (χ0) is 10.6. The van der Waals surface area contributed by atoms with Gasteiger partial charge >= 0.3 is 0 Å². The van der Waals surface area contributed by atoms with Crippen LogP contribution in [0.5, 0.6) is 0 Å². The fraction of sp³-hybridized carbons (Fsp3) is 0.500. The van der Waals surface area contributed by atoms with Crippen LogP contribution in [-0.4, -0.2) is 16.9 Å². The van der Waals surface area contributed by atoms with Gasteiger partial charge in [-0.3, -0.25) is 0 Å². The van der Waals surface area contributed by atoms with Gasteiger partial charge in [0.15, 0.2) is 11.6 Å². The van der Waals surface area contributed by atoms with Gasteiger partial charge in [0.25, 0.3) is 0 Å². The summed E-state index contributed by atoms with van der Waals surface area (Å²) in [6.07, 6.45) is 1.55. The van der Waals surface area contributed by atoms with Gasteiger partial charge in [-0.15, -0.1) is 11.6 Å². The van der Waals surface area contributed by atoms with Crippen LogP contribution < -0.4 is 5.32 Å². The third kappa shape index (κ3) is 2.84. The Labute approximate surface area is 88.5 Å². The van der Waals surface area contributed by atoms with E-state index in [9.17, 15) is 4.39 Å². The quantitative estimate of drug-likeness (QED) is 0.783. The van der Waals surface area contributed by atoms with Gasteiger partial charge in [0.2, 0.25) is 0 Å². The van der Waals surface area contributed by atoms with Crippen LogP contribution in [0.1, 0.15) is 13.8 Å². The second-order valence-corrected chi connectivity index (χ2v) is 3.79. The first-order chi connectivity index (χ1) is 6.65. The number of rotatable bonds is 4. The lowest BCUT2D eigenvalue weighted by atomic mass is 10.1. The summed E-state index contributed by atoms with van der Waals surface area (Å²) in [5.74, 6) is 0.706. The standard InChI is InChI=1S/C10H14ClFN2/c1-7(2)9(6-11)14-10-8(12)4-3-5-13-10/h3-5,7,9H,6H2,1-2H3,(H,13,14). The minimum absolute atomic E-state index is 0.0427. The molecule has 1 atom stereocenters. The average molecular weight is 217 g/mol. The number of nitrogens with one attached hydrogen (secondary N) is 1. The van der Waals surface area contributed by atoms with Gasteiger partial charge in [0.05, 0.1) is 0 Å². The smallest absolute Gasteiger partial charge is 0.165 e. The molecule has 0 radical (unpaired) electrons. The maximum atomic E-state index is 13.2. The molecule has 0 aliphatic carbocycles. The molecule has 0 aromatic carbocycles. The Balaban J connectivity index is 2.72. The van der Waals surface area contributed by atoms with Crippen molar-refractivity contribution < 1.29 is 4.39 Å². The van der Waals surface area contributed by atoms with Gasteiger partial charge in [-0.05, 0) is 18.1 Å². The molecular formula is C10H14ClFN2. The summed E-state index contributed by atoms with van der Waals surface area (Å²) < 4.78 is 13.2. The molecule has 0 saturated carbocycles. The van der Waals surface area contributed by atoms with E-state index in [4.69, 9.17) is 11.6 Å². The number of halogens is 2. The van der Waals surface area contributed by atoms with Crippen molar-refractivity contribution in [2.45, 2.75) is 19.9 Å². The van der Waals surface area contributed by atoms with Crippen LogP contribution in [-0.2, 0) is 0 Å². The molecule has 1 aromatic heterocycles. The Hall–Kier alpha value is -0.830. The van der Waals surface area contributed by atoms with E-state index in [0.29, 0.717) is 11.8 Å². The monoisotopic (exact) mass is 216 g/mol. The topological polar surface area (TPSA) is 24.9 Å². The van der Waals surface area contributed by atoms with Crippen molar-refractivity contribution in [2.24, 2.45) is 5.92 Å². The van der Waals surface area contributed by atoms with Crippen molar-refractivity contribution in [3.05, 3.63) is 24.1 Å². The lowest BCUT2D eigenvalue weighted by Gasteiger charge is -2.20. The lowest BCUT2D eigenvalue weighted by Crippen LogP contribution is -2.28. The summed E-state index contributed by atoms with van der Waals surface area (Å²) in [6.45, 7) is 4.06. The Morgan fingerprint density at radius 3 is 2.79 bits per heavy atom. The summed E-state index contributed by atoms with van der Waals surface area (Å²) in [5, 5.41) is 2.98. The maximum Gasteiger partial charge on any atom is 0.165 e. The van der Waals surface area contributed by atoms with E-state index in [1.807, 2.05) is 13.8 Å². The second-order valence-electron chi connectivity index (χ2n) is 3.48. The predicted octanol–water partition coefficient (Wildman–Crippen LogP) is 2.90. The van der Waals surface area contributed by atoms with Crippen molar-refractivity contribution in [3.63, 3.8) is 0 Å². The molecule has 0 amide bonds. The highest BCUT2D eigenvalue weighted by molar-refractivity contribution is 6.18. The molecule has 0 spiro atoms. The van der Waals surface area contributed by atoms with Gasteiger partial charge in [-0.1, -0.05) is 13.8 Å². The van der Waals surface area contributed by atoms with Crippen LogP contribution in [0.25, 0.3) is 0 Å². The number of hydrogen-bond donors (Lipinski definition) is 1. The number of anilines is 1. The molecule has 14 heavy (non-hydrogen) atoms. The number of pyridine rings is 1. The minimum Gasteiger partial charge on any atom is -0.363 e. The Bertz CT molecular complexity index is 291. The first kappa shape index (κ1) is 11.2. The summed E-state index contributed by atoms with van der Waals surface area (Å²) in [5.41, 5.74) is 0. The average Bonchev–Trinajstić information content (AvgIpc) is 2.16. The van der Waals surface area contributed by atoms with E-state index in [2.05, 4.69) is 10.3 Å². The highest BCUT2D eigenvalue weighted by Gasteiger charge is 2.13. The highest BCUT2D eigenvalue weighted by Crippen LogP contribution is 2.14. The number of alkyl halides is 1. The first-order valence-electron chi connectivity index (χ1n) is 4.58. The fourth-order valence-corrected chi connectivity index (χ4v) is 1.48. The molecule has 2 nitrogen and oxygen atoms in total. The molecule has 0 aliphatic rings. The molecule has 0 bridgehead atoms. The molecule has 1 aromatic rings. The van der Waals surface area contributed by atoms with Gasteiger partial charge in [0.1, 0.15) is 0 Å². The molecule has 4 heteroatoms. The molecule has 1 heterocycles. The van der Waals surface area contributed by atoms with Crippen LogP contribution in [0, 0.1) is 11.7 Å². The molecule has 0 saturated heterocycles. The first-order valence-corrected chi connectivity index (χ1v) is 5.11. The molecule has 78 valence electrons. The van der Waals surface area contributed by atoms with Crippen LogP contribution in [0.15, 0.2) is 18.3 Å². The summed E-state index contributed by atoms with van der Waals surface area (Å²) in [4.78, 5) is 3.90. The molecular weight excluding hydrogens is 203 g/mol. The largest absolute Gasteiger partial charge is 0.363 e. The number of hydrogen-bond acceptors (Lipinski definition) is 2. The van der Waals surface area contributed by atoms with E-state index in [-0.39, 0.29) is 17.7 Å². The molecule has 1 rings (SSSR count). The Kier molecular flexibility index (Phi) is 4.14. The molecule has 0 aliphatic heterocycles.